The van der Waals surface area contributed by atoms with Crippen LogP contribution in [0.1, 0.15) is 73.4 Å². The second kappa shape index (κ2) is 15.8. The number of para-hydroxylation sites is 1. The van der Waals surface area contributed by atoms with Gasteiger partial charge in [-0.3, -0.25) is 0 Å². The number of carbonyl (C=O) groups is 1. The van der Waals surface area contributed by atoms with E-state index in [2.05, 4.69) is 42.7 Å². The summed E-state index contributed by atoms with van der Waals surface area (Å²) in [5.74, 6) is -0.374. The van der Waals surface area contributed by atoms with E-state index in [-0.39, 0.29) is 36.2 Å². The van der Waals surface area contributed by atoms with Gasteiger partial charge in [-0.2, -0.15) is 0 Å². The molecule has 0 aromatic heterocycles. The molecule has 0 saturated carbocycles. The smallest absolute Gasteiger partial charge is 0.342 e. The maximum Gasteiger partial charge on any atom is 0.342 e. The molecular formula is C35H50N2O7. The minimum absolute atomic E-state index is 0.132. The molecule has 0 bridgehead atoms. The van der Waals surface area contributed by atoms with Crippen LogP contribution in [-0.4, -0.2) is 88.6 Å². The predicted octanol–water partition coefficient (Wildman–Crippen LogP) is 5.80. The Bertz CT molecular complexity index is 1210. The second-order valence-corrected chi connectivity index (χ2v) is 12.4. The fourth-order valence-electron chi connectivity index (χ4n) is 5.84. The highest BCUT2D eigenvalue weighted by Crippen LogP contribution is 2.36. The first kappa shape index (κ1) is 32.4. The van der Waals surface area contributed by atoms with Crippen molar-refractivity contribution in [3.8, 4) is 11.5 Å². The van der Waals surface area contributed by atoms with E-state index in [0.717, 1.165) is 52.3 Å². The van der Waals surface area contributed by atoms with Crippen molar-refractivity contribution in [3.05, 3.63) is 47.0 Å². The number of aryl methyl sites for hydroxylation is 1. The van der Waals surface area contributed by atoms with Crippen molar-refractivity contribution in [3.63, 3.8) is 0 Å². The molecule has 2 aromatic rings. The largest absolute Gasteiger partial charge is 0.504 e. The topological polar surface area (TPSA) is 99.8 Å². The van der Waals surface area contributed by atoms with Crippen molar-refractivity contribution in [1.29, 1.82) is 0 Å². The zero-order valence-electron chi connectivity index (χ0n) is 26.7. The number of carbonyl (C=O) groups excluding carboxylic acids is 1. The average Bonchev–Trinajstić information content (AvgIpc) is 3.84. The van der Waals surface area contributed by atoms with Gasteiger partial charge < -0.3 is 38.6 Å². The maximum atomic E-state index is 12.9. The normalized spacial score (nSPS) is 19.8. The zero-order valence-corrected chi connectivity index (χ0v) is 26.7. The van der Waals surface area contributed by atoms with E-state index in [9.17, 15) is 9.90 Å². The fourth-order valence-corrected chi connectivity index (χ4v) is 5.84. The van der Waals surface area contributed by atoms with Crippen LogP contribution in [0.15, 0.2) is 30.3 Å². The van der Waals surface area contributed by atoms with E-state index in [1.54, 1.807) is 18.2 Å². The summed E-state index contributed by atoms with van der Waals surface area (Å²) in [5, 5.41) is 10.7. The van der Waals surface area contributed by atoms with Gasteiger partial charge in [-0.05, 0) is 56.0 Å². The molecule has 0 aliphatic carbocycles. The van der Waals surface area contributed by atoms with Crippen molar-refractivity contribution in [2.24, 2.45) is 0 Å². The van der Waals surface area contributed by atoms with E-state index >= 15 is 0 Å². The molecule has 1 N–H and O–H groups in total. The molecule has 44 heavy (non-hydrogen) atoms. The number of rotatable bonds is 21. The minimum Gasteiger partial charge on any atom is -0.504 e. The Morgan fingerprint density at radius 2 is 1.48 bits per heavy atom. The van der Waals surface area contributed by atoms with E-state index in [0.29, 0.717) is 25.3 Å². The van der Waals surface area contributed by atoms with Gasteiger partial charge in [-0.1, -0.05) is 51.2 Å². The van der Waals surface area contributed by atoms with Gasteiger partial charge in [0.25, 0.3) is 0 Å². The van der Waals surface area contributed by atoms with Crippen molar-refractivity contribution in [2.45, 2.75) is 84.0 Å². The lowest BCUT2D eigenvalue weighted by molar-refractivity contribution is 0.0498. The van der Waals surface area contributed by atoms with E-state index in [1.165, 1.54) is 48.2 Å². The number of phenols is 1. The molecule has 3 fully saturated rings. The number of ether oxygens (including phenoxy) is 5. The highest BCUT2D eigenvalue weighted by molar-refractivity contribution is 5.93. The summed E-state index contributed by atoms with van der Waals surface area (Å²) in [5.41, 5.74) is 4.98. The molecule has 3 aliphatic heterocycles. The summed E-state index contributed by atoms with van der Waals surface area (Å²) in [6.45, 7) is 12.9. The van der Waals surface area contributed by atoms with Crippen LogP contribution < -0.4 is 14.5 Å². The zero-order chi connectivity index (χ0) is 30.9. The number of phenolic OH excluding ortho intramolecular Hbond substituents is 1. The Kier molecular flexibility index (Phi) is 11.6. The molecule has 3 aliphatic rings. The molecule has 3 heterocycles. The monoisotopic (exact) mass is 610 g/mol. The average molecular weight is 611 g/mol. The predicted molar refractivity (Wildman–Crippen MR) is 171 cm³/mol. The number of anilines is 2. The Hall–Kier alpha value is -3.01. The quantitative estimate of drug-likeness (QED) is 0.107. The van der Waals surface area contributed by atoms with E-state index in [1.807, 2.05) is 0 Å². The van der Waals surface area contributed by atoms with Crippen LogP contribution in [-0.2, 0) is 18.9 Å². The van der Waals surface area contributed by atoms with Gasteiger partial charge in [-0.15, -0.1) is 0 Å². The van der Waals surface area contributed by atoms with Crippen LogP contribution in [0.2, 0.25) is 0 Å². The number of benzene rings is 2. The Labute approximate surface area is 262 Å². The lowest BCUT2D eigenvalue weighted by Crippen LogP contribution is -2.34. The fraction of sp³-hybridized carbons (Fsp3) is 0.629. The van der Waals surface area contributed by atoms with Gasteiger partial charge in [0.15, 0.2) is 11.5 Å². The van der Waals surface area contributed by atoms with Gasteiger partial charge in [0.1, 0.15) is 5.56 Å². The van der Waals surface area contributed by atoms with Crippen molar-refractivity contribution < 1.29 is 33.6 Å². The highest BCUT2D eigenvalue weighted by atomic mass is 16.6. The van der Waals surface area contributed by atoms with Crippen LogP contribution in [0.5, 0.6) is 11.5 Å². The van der Waals surface area contributed by atoms with Gasteiger partial charge >= 0.3 is 5.97 Å². The second-order valence-electron chi connectivity index (χ2n) is 12.4. The summed E-state index contributed by atoms with van der Waals surface area (Å²) in [7, 11) is 0. The van der Waals surface area contributed by atoms with Crippen molar-refractivity contribution >= 4 is 17.3 Å². The van der Waals surface area contributed by atoms with Gasteiger partial charge in [0, 0.05) is 37.6 Å². The number of esters is 1. The molecular weight excluding hydrogens is 560 g/mol. The molecule has 5 rings (SSSR count). The van der Waals surface area contributed by atoms with Crippen LogP contribution in [0.4, 0.5) is 11.4 Å². The van der Waals surface area contributed by atoms with Crippen LogP contribution >= 0.6 is 0 Å². The van der Waals surface area contributed by atoms with Gasteiger partial charge in [-0.25, -0.2) is 4.79 Å². The Morgan fingerprint density at radius 3 is 2.14 bits per heavy atom. The molecule has 0 radical (unpaired) electrons. The van der Waals surface area contributed by atoms with Crippen LogP contribution in [0.3, 0.4) is 0 Å². The molecule has 9 heteroatoms. The molecule has 2 aromatic carbocycles. The maximum absolute atomic E-state index is 12.9. The molecule has 3 saturated heterocycles. The van der Waals surface area contributed by atoms with Crippen molar-refractivity contribution in [2.75, 3.05) is 69.0 Å². The van der Waals surface area contributed by atoms with Crippen LogP contribution in [0, 0.1) is 13.8 Å². The van der Waals surface area contributed by atoms with Crippen molar-refractivity contribution in [1.82, 2.24) is 0 Å². The van der Waals surface area contributed by atoms with Gasteiger partial charge in [0.2, 0.25) is 0 Å². The Balaban J connectivity index is 1.16. The molecule has 3 unspecified atom stereocenters. The Morgan fingerprint density at radius 1 is 0.841 bits per heavy atom. The standard InChI is InChI=1S/C35H50N2O7/c1-4-5-6-7-8-9-17-40-32-13-10-12-30(34(32)38)35(39)41-18-11-16-36(19-27-22-42-27)33-25(2)14-15-31(26(33)3)37(20-28-23-43-28)21-29-24-44-29/h10,12-15,27-29,38H,4-9,11,16-24H2,1-3H3. The summed E-state index contributed by atoms with van der Waals surface area (Å²) < 4.78 is 28.1. The molecule has 3 atom stereocenters. The number of nitrogens with zero attached hydrogens (tertiary/aromatic N) is 2. The number of hydrogen-bond acceptors (Lipinski definition) is 9. The summed E-state index contributed by atoms with van der Waals surface area (Å²) >= 11 is 0. The first-order chi connectivity index (χ1) is 21.4. The third-order valence-corrected chi connectivity index (χ3v) is 8.52. The van der Waals surface area contributed by atoms with Gasteiger partial charge in [0.05, 0.1) is 51.3 Å². The summed E-state index contributed by atoms with van der Waals surface area (Å²) in [6.07, 6.45) is 8.37. The number of unbranched alkanes of at least 4 members (excludes halogenated alkanes) is 5. The molecule has 9 nitrogen and oxygen atoms in total. The lowest BCUT2D eigenvalue weighted by atomic mass is 10.0. The first-order valence-electron chi connectivity index (χ1n) is 16.5. The third kappa shape index (κ3) is 9.49. The van der Waals surface area contributed by atoms with Crippen LogP contribution in [0.25, 0.3) is 0 Å². The summed E-state index contributed by atoms with van der Waals surface area (Å²) in [4.78, 5) is 17.7. The first-order valence-corrected chi connectivity index (χ1v) is 16.5. The molecule has 0 amide bonds. The number of hydrogen-bond donors (Lipinski definition) is 1. The highest BCUT2D eigenvalue weighted by Gasteiger charge is 2.33. The number of epoxide rings is 3. The lowest BCUT2D eigenvalue weighted by Gasteiger charge is -2.32. The van der Waals surface area contributed by atoms with E-state index < -0.39 is 5.97 Å². The summed E-state index contributed by atoms with van der Waals surface area (Å²) in [6, 6.07) is 9.39. The third-order valence-electron chi connectivity index (χ3n) is 8.52. The minimum atomic E-state index is -0.542. The number of aromatic hydroxyl groups is 1. The SMILES string of the molecule is CCCCCCCCOc1cccc(C(=O)OCCCN(CC2CO2)c2c(C)ccc(N(CC3CO3)CC3CO3)c2C)c1O. The van der Waals surface area contributed by atoms with E-state index in [4.69, 9.17) is 23.7 Å². The molecule has 242 valence electrons. The molecule has 0 spiro atoms.